The highest BCUT2D eigenvalue weighted by atomic mass is 16.5. The van der Waals surface area contributed by atoms with Crippen LogP contribution in [-0.2, 0) is 16.0 Å². The zero-order valence-electron chi connectivity index (χ0n) is 21.0. The van der Waals surface area contributed by atoms with Crippen LogP contribution < -0.4 is 4.74 Å². The second kappa shape index (κ2) is 10.7. The van der Waals surface area contributed by atoms with E-state index in [-0.39, 0.29) is 0 Å². The third-order valence-corrected chi connectivity index (χ3v) is 6.79. The van der Waals surface area contributed by atoms with Crippen molar-refractivity contribution in [2.75, 3.05) is 46.6 Å². The second-order valence-electron chi connectivity index (χ2n) is 9.27. The molecule has 0 N–H and O–H groups in total. The molecule has 0 aliphatic carbocycles. The molecule has 0 spiro atoms. The number of methoxy groups -OCH3 is 1. The van der Waals surface area contributed by atoms with E-state index in [1.54, 1.807) is 7.11 Å². The van der Waals surface area contributed by atoms with Crippen molar-refractivity contribution >= 4 is 21.9 Å². The smallest absolute Gasteiger partial charge is 0.139 e. The highest BCUT2D eigenvalue weighted by Crippen LogP contribution is 2.27. The minimum Gasteiger partial charge on any atom is -0.491 e. The normalized spacial score (nSPS) is 14.4. The van der Waals surface area contributed by atoms with Crippen LogP contribution in [0.15, 0.2) is 79.1 Å². The molecule has 3 aromatic carbocycles. The minimum atomic E-state index is 0.509. The lowest BCUT2D eigenvalue weighted by Crippen LogP contribution is -2.35. The summed E-state index contributed by atoms with van der Waals surface area (Å²) in [6.45, 7) is 5.69. The van der Waals surface area contributed by atoms with Crippen molar-refractivity contribution in [3.05, 3.63) is 84.7 Å². The predicted octanol–water partition coefficient (Wildman–Crippen LogP) is 5.10. The summed E-state index contributed by atoms with van der Waals surface area (Å²) in [4.78, 5) is 11.9. The monoisotopic (exact) mass is 494 g/mol. The average Bonchev–Trinajstić information content (AvgIpc) is 3.37. The number of nitrogens with zero attached hydrogens (tertiary/aromatic N) is 4. The van der Waals surface area contributed by atoms with Gasteiger partial charge in [0.15, 0.2) is 0 Å². The summed E-state index contributed by atoms with van der Waals surface area (Å²) in [5.41, 5.74) is 6.53. The molecule has 1 aliphatic rings. The standard InChI is InChI=1S/C30H30N4O3/c1-35-16-17-37-26-8-10-29-28(19-26)31-21-34(29)30-11-7-25-18-24(6-9-27(25)32-30)23-4-2-22(3-5-23)20-33-12-14-36-15-13-33/h2-11,18-19,21H,12-17,20H2,1H3. The number of ether oxygens (including phenoxy) is 3. The van der Waals surface area contributed by atoms with Gasteiger partial charge in [-0.1, -0.05) is 30.3 Å². The van der Waals surface area contributed by atoms with Gasteiger partial charge >= 0.3 is 0 Å². The van der Waals surface area contributed by atoms with Gasteiger partial charge in [0.2, 0.25) is 0 Å². The van der Waals surface area contributed by atoms with Crippen LogP contribution in [0.5, 0.6) is 5.75 Å². The molecule has 5 aromatic rings. The van der Waals surface area contributed by atoms with E-state index in [1.165, 1.54) is 16.7 Å². The third-order valence-electron chi connectivity index (χ3n) is 6.79. The topological polar surface area (TPSA) is 61.6 Å². The molecule has 6 rings (SSSR count). The Morgan fingerprint density at radius 1 is 0.838 bits per heavy atom. The zero-order chi connectivity index (χ0) is 25.0. The zero-order valence-corrected chi connectivity index (χ0v) is 21.0. The molecule has 0 atom stereocenters. The van der Waals surface area contributed by atoms with Crippen molar-refractivity contribution in [1.82, 2.24) is 19.4 Å². The fourth-order valence-electron chi connectivity index (χ4n) is 4.76. The Morgan fingerprint density at radius 2 is 1.68 bits per heavy atom. The van der Waals surface area contributed by atoms with Crippen molar-refractivity contribution < 1.29 is 14.2 Å². The molecular weight excluding hydrogens is 464 g/mol. The van der Waals surface area contributed by atoms with E-state index >= 15 is 0 Å². The lowest BCUT2D eigenvalue weighted by atomic mass is 10.0. The van der Waals surface area contributed by atoms with Crippen LogP contribution in [0.4, 0.5) is 0 Å². The molecular formula is C30H30N4O3. The number of rotatable bonds is 8. The maximum Gasteiger partial charge on any atom is 0.139 e. The average molecular weight is 495 g/mol. The number of hydrogen-bond donors (Lipinski definition) is 0. The molecule has 7 nitrogen and oxygen atoms in total. The Kier molecular flexibility index (Phi) is 6.82. The summed E-state index contributed by atoms with van der Waals surface area (Å²) in [7, 11) is 1.66. The first-order valence-corrected chi connectivity index (χ1v) is 12.7. The van der Waals surface area contributed by atoms with E-state index in [2.05, 4.69) is 58.4 Å². The number of fused-ring (bicyclic) bond motifs is 2. The Labute approximate surface area is 216 Å². The van der Waals surface area contributed by atoms with Gasteiger partial charge in [0, 0.05) is 38.2 Å². The third kappa shape index (κ3) is 5.20. The fraction of sp³-hybridized carbons (Fsp3) is 0.267. The van der Waals surface area contributed by atoms with Gasteiger partial charge in [0.25, 0.3) is 0 Å². The number of hydrogen-bond acceptors (Lipinski definition) is 6. The number of imidazole rings is 1. The van der Waals surface area contributed by atoms with Crippen molar-refractivity contribution in [2.24, 2.45) is 0 Å². The van der Waals surface area contributed by atoms with Crippen LogP contribution in [0.25, 0.3) is 38.9 Å². The Balaban J connectivity index is 1.21. The Morgan fingerprint density at radius 3 is 2.51 bits per heavy atom. The van der Waals surface area contributed by atoms with E-state index in [4.69, 9.17) is 19.2 Å². The molecule has 37 heavy (non-hydrogen) atoms. The van der Waals surface area contributed by atoms with Crippen molar-refractivity contribution in [1.29, 1.82) is 0 Å². The molecule has 0 bridgehead atoms. The summed E-state index contributed by atoms with van der Waals surface area (Å²) in [6.07, 6.45) is 1.81. The predicted molar refractivity (Wildman–Crippen MR) is 145 cm³/mol. The first kappa shape index (κ1) is 23.6. The molecule has 0 amide bonds. The summed E-state index contributed by atoms with van der Waals surface area (Å²) in [5.74, 6) is 1.62. The molecule has 1 aliphatic heterocycles. The Bertz CT molecular complexity index is 1510. The van der Waals surface area contributed by atoms with Crippen LogP contribution in [-0.4, -0.2) is 66.1 Å². The van der Waals surface area contributed by atoms with Crippen molar-refractivity contribution in [2.45, 2.75) is 6.54 Å². The van der Waals surface area contributed by atoms with Crippen molar-refractivity contribution in [3.8, 4) is 22.7 Å². The van der Waals surface area contributed by atoms with E-state index < -0.39 is 0 Å². The highest BCUT2D eigenvalue weighted by Gasteiger charge is 2.11. The lowest BCUT2D eigenvalue weighted by Gasteiger charge is -2.26. The van der Waals surface area contributed by atoms with Crippen LogP contribution in [0.3, 0.4) is 0 Å². The summed E-state index contributed by atoms with van der Waals surface area (Å²) in [6, 6.07) is 25.4. The van der Waals surface area contributed by atoms with Gasteiger partial charge in [0.1, 0.15) is 24.5 Å². The van der Waals surface area contributed by atoms with E-state index in [0.717, 1.165) is 66.4 Å². The first-order valence-electron chi connectivity index (χ1n) is 12.7. The minimum absolute atomic E-state index is 0.509. The maximum atomic E-state index is 5.72. The van der Waals surface area contributed by atoms with Gasteiger partial charge in [-0.3, -0.25) is 9.47 Å². The molecule has 1 fully saturated rings. The van der Waals surface area contributed by atoms with Crippen LogP contribution in [0.2, 0.25) is 0 Å². The molecule has 7 heteroatoms. The lowest BCUT2D eigenvalue weighted by molar-refractivity contribution is 0.0342. The molecule has 3 heterocycles. The van der Waals surface area contributed by atoms with Crippen LogP contribution in [0.1, 0.15) is 5.56 Å². The first-order chi connectivity index (χ1) is 18.3. The van der Waals surface area contributed by atoms with E-state index in [0.29, 0.717) is 13.2 Å². The fourth-order valence-corrected chi connectivity index (χ4v) is 4.76. The quantitative estimate of drug-likeness (QED) is 0.280. The van der Waals surface area contributed by atoms with Gasteiger partial charge in [0.05, 0.1) is 36.4 Å². The van der Waals surface area contributed by atoms with Crippen molar-refractivity contribution in [3.63, 3.8) is 0 Å². The van der Waals surface area contributed by atoms with Crippen LogP contribution >= 0.6 is 0 Å². The number of morpholine rings is 1. The largest absolute Gasteiger partial charge is 0.491 e. The van der Waals surface area contributed by atoms with Gasteiger partial charge in [-0.15, -0.1) is 0 Å². The van der Waals surface area contributed by atoms with Gasteiger partial charge < -0.3 is 14.2 Å². The molecule has 1 saturated heterocycles. The van der Waals surface area contributed by atoms with E-state index in [1.807, 2.05) is 35.2 Å². The SMILES string of the molecule is COCCOc1ccc2c(c1)ncn2-c1ccc2cc(-c3ccc(CN4CCOCC4)cc3)ccc2n1. The number of pyridine rings is 1. The maximum absolute atomic E-state index is 5.72. The molecule has 2 aromatic heterocycles. The molecule has 0 saturated carbocycles. The Hall–Kier alpha value is -3.78. The second-order valence-corrected chi connectivity index (χ2v) is 9.27. The van der Waals surface area contributed by atoms with Crippen LogP contribution in [0, 0.1) is 0 Å². The summed E-state index contributed by atoms with van der Waals surface area (Å²) < 4.78 is 18.2. The van der Waals surface area contributed by atoms with Gasteiger partial charge in [-0.2, -0.15) is 0 Å². The molecule has 0 unspecified atom stereocenters. The summed E-state index contributed by atoms with van der Waals surface area (Å²) in [5, 5.41) is 1.11. The number of benzene rings is 3. The highest BCUT2D eigenvalue weighted by molar-refractivity contribution is 5.86. The molecule has 188 valence electrons. The summed E-state index contributed by atoms with van der Waals surface area (Å²) >= 11 is 0. The van der Waals surface area contributed by atoms with Gasteiger partial charge in [-0.25, -0.2) is 9.97 Å². The molecule has 0 radical (unpaired) electrons. The van der Waals surface area contributed by atoms with E-state index in [9.17, 15) is 0 Å². The van der Waals surface area contributed by atoms with Gasteiger partial charge in [-0.05, 0) is 53.1 Å². The number of aromatic nitrogens is 3.